The highest BCUT2D eigenvalue weighted by atomic mass is 16.7. The molecular weight excluding hydrogens is 658 g/mol. The SMILES string of the molecule is CCCCCC/C=C\C/C=C\CCCCCCCC(=O)OC(COC(=O)CCCCCCCCCCCCC)COC(OCC[N+](C)(C)C)C(=O)[O-]. The highest BCUT2D eigenvalue weighted by molar-refractivity contribution is 5.70. The van der Waals surface area contributed by atoms with Crippen LogP contribution in [0, 0.1) is 0 Å². The summed E-state index contributed by atoms with van der Waals surface area (Å²) < 4.78 is 22.5. The van der Waals surface area contributed by atoms with Gasteiger partial charge >= 0.3 is 11.9 Å². The summed E-state index contributed by atoms with van der Waals surface area (Å²) in [5.41, 5.74) is 0. The predicted molar refractivity (Wildman–Crippen MR) is 209 cm³/mol. The van der Waals surface area contributed by atoms with Crippen LogP contribution in [0.15, 0.2) is 24.3 Å². The number of carbonyl (C=O) groups is 3. The number of rotatable bonds is 38. The van der Waals surface area contributed by atoms with Gasteiger partial charge in [0, 0.05) is 12.8 Å². The second-order valence-corrected chi connectivity index (χ2v) is 15.3. The first-order valence-electron chi connectivity index (χ1n) is 21.0. The molecule has 0 aromatic rings. The number of carbonyl (C=O) groups excluding carboxylic acids is 3. The Kier molecular flexibility index (Phi) is 34.2. The summed E-state index contributed by atoms with van der Waals surface area (Å²) in [6.07, 6.45) is 33.4. The molecule has 0 N–H and O–H groups in total. The van der Waals surface area contributed by atoms with E-state index < -0.39 is 24.3 Å². The van der Waals surface area contributed by atoms with Gasteiger partial charge in [-0.15, -0.1) is 0 Å². The lowest BCUT2D eigenvalue weighted by Gasteiger charge is -2.26. The summed E-state index contributed by atoms with van der Waals surface area (Å²) in [4.78, 5) is 36.8. The minimum atomic E-state index is -1.62. The Labute approximate surface area is 318 Å². The largest absolute Gasteiger partial charge is 0.545 e. The van der Waals surface area contributed by atoms with E-state index >= 15 is 0 Å². The third-order valence-corrected chi connectivity index (χ3v) is 8.95. The van der Waals surface area contributed by atoms with Gasteiger partial charge < -0.3 is 33.3 Å². The molecule has 0 radical (unpaired) electrons. The molecule has 0 aliphatic carbocycles. The maximum Gasteiger partial charge on any atom is 0.306 e. The summed E-state index contributed by atoms with van der Waals surface area (Å²) in [7, 11) is 5.90. The Morgan fingerprint density at radius 2 is 1.04 bits per heavy atom. The van der Waals surface area contributed by atoms with E-state index in [1.165, 1.54) is 83.5 Å². The predicted octanol–water partition coefficient (Wildman–Crippen LogP) is 9.16. The number of carboxylic acids is 1. The Morgan fingerprint density at radius 1 is 0.577 bits per heavy atom. The first-order valence-corrected chi connectivity index (χ1v) is 21.0. The van der Waals surface area contributed by atoms with Crippen LogP contribution in [-0.4, -0.2) is 82.3 Å². The summed E-state index contributed by atoms with van der Waals surface area (Å²) >= 11 is 0. The first kappa shape index (κ1) is 49.8. The highest BCUT2D eigenvalue weighted by Crippen LogP contribution is 2.14. The van der Waals surface area contributed by atoms with Crippen LogP contribution >= 0.6 is 0 Å². The van der Waals surface area contributed by atoms with Crippen LogP contribution in [0.4, 0.5) is 0 Å². The number of aliphatic carboxylic acids is 1. The molecule has 0 amide bonds. The van der Waals surface area contributed by atoms with Crippen molar-refractivity contribution >= 4 is 17.9 Å². The average molecular weight is 738 g/mol. The normalized spacial score (nSPS) is 13.2. The number of nitrogens with zero attached hydrogens (tertiary/aromatic N) is 1. The van der Waals surface area contributed by atoms with Gasteiger partial charge in [0.15, 0.2) is 12.4 Å². The number of quaternary nitrogens is 1. The molecule has 0 bridgehead atoms. The zero-order valence-electron chi connectivity index (χ0n) is 34.2. The van der Waals surface area contributed by atoms with Gasteiger partial charge in [-0.25, -0.2) is 0 Å². The molecule has 304 valence electrons. The zero-order chi connectivity index (χ0) is 38.5. The fourth-order valence-electron chi connectivity index (χ4n) is 5.62. The fourth-order valence-corrected chi connectivity index (χ4v) is 5.62. The van der Waals surface area contributed by atoms with Gasteiger partial charge in [0.25, 0.3) is 0 Å². The Balaban J connectivity index is 4.50. The third-order valence-electron chi connectivity index (χ3n) is 8.95. The topological polar surface area (TPSA) is 111 Å². The lowest BCUT2D eigenvalue weighted by Crippen LogP contribution is -2.44. The lowest BCUT2D eigenvalue weighted by molar-refractivity contribution is -0.870. The van der Waals surface area contributed by atoms with Crippen molar-refractivity contribution in [2.75, 3.05) is 47.5 Å². The van der Waals surface area contributed by atoms with Crippen molar-refractivity contribution < 1.29 is 42.9 Å². The van der Waals surface area contributed by atoms with E-state index in [9.17, 15) is 19.5 Å². The molecule has 52 heavy (non-hydrogen) atoms. The van der Waals surface area contributed by atoms with Crippen LogP contribution in [-0.2, 0) is 33.3 Å². The van der Waals surface area contributed by atoms with E-state index in [0.29, 0.717) is 23.9 Å². The summed E-state index contributed by atoms with van der Waals surface area (Å²) in [5.74, 6) is -2.30. The quantitative estimate of drug-likeness (QED) is 0.0203. The summed E-state index contributed by atoms with van der Waals surface area (Å²) in [6, 6.07) is 0. The molecule has 0 aromatic heterocycles. The van der Waals surface area contributed by atoms with E-state index in [1.54, 1.807) is 0 Å². The number of allylic oxidation sites excluding steroid dienone is 4. The monoisotopic (exact) mass is 738 g/mol. The average Bonchev–Trinajstić information content (AvgIpc) is 3.09. The molecule has 0 aliphatic heterocycles. The van der Waals surface area contributed by atoms with E-state index in [4.69, 9.17) is 18.9 Å². The van der Waals surface area contributed by atoms with E-state index in [-0.39, 0.29) is 32.2 Å². The van der Waals surface area contributed by atoms with Gasteiger partial charge in [-0.3, -0.25) is 9.59 Å². The number of ether oxygens (including phenoxy) is 4. The van der Waals surface area contributed by atoms with Gasteiger partial charge in [0.05, 0.1) is 40.3 Å². The van der Waals surface area contributed by atoms with Crippen LogP contribution in [0.5, 0.6) is 0 Å². The smallest absolute Gasteiger partial charge is 0.306 e. The minimum absolute atomic E-state index is 0.146. The van der Waals surface area contributed by atoms with Crippen molar-refractivity contribution in [1.29, 1.82) is 0 Å². The van der Waals surface area contributed by atoms with Gasteiger partial charge in [0.2, 0.25) is 0 Å². The number of carboxylic acid groups (broad SMARTS) is 1. The molecule has 0 saturated heterocycles. The van der Waals surface area contributed by atoms with E-state index in [2.05, 4.69) is 38.2 Å². The molecule has 0 spiro atoms. The van der Waals surface area contributed by atoms with Crippen LogP contribution in [0.2, 0.25) is 0 Å². The Hall–Kier alpha value is -2.23. The second kappa shape index (κ2) is 35.8. The van der Waals surface area contributed by atoms with Crippen LogP contribution < -0.4 is 5.11 Å². The second-order valence-electron chi connectivity index (χ2n) is 15.3. The maximum absolute atomic E-state index is 12.7. The van der Waals surface area contributed by atoms with Gasteiger partial charge in [-0.2, -0.15) is 0 Å². The molecular formula is C43H79NO8. The summed E-state index contributed by atoms with van der Waals surface area (Å²) in [6.45, 7) is 4.69. The molecule has 0 saturated carbocycles. The molecule has 0 heterocycles. The van der Waals surface area contributed by atoms with Crippen LogP contribution in [0.1, 0.15) is 174 Å². The van der Waals surface area contributed by atoms with E-state index in [1.807, 2.05) is 21.1 Å². The van der Waals surface area contributed by atoms with Crippen LogP contribution in [0.25, 0.3) is 0 Å². The van der Waals surface area contributed by atoms with Crippen molar-refractivity contribution in [2.24, 2.45) is 0 Å². The molecule has 2 unspecified atom stereocenters. The number of esters is 2. The Bertz CT molecular complexity index is 913. The lowest BCUT2D eigenvalue weighted by atomic mass is 10.1. The zero-order valence-corrected chi connectivity index (χ0v) is 34.2. The number of hydrogen-bond donors (Lipinski definition) is 0. The maximum atomic E-state index is 12.7. The molecule has 9 heteroatoms. The first-order chi connectivity index (χ1) is 25.1. The molecule has 9 nitrogen and oxygen atoms in total. The van der Waals surface area contributed by atoms with Gasteiger partial charge in [-0.05, 0) is 44.9 Å². The van der Waals surface area contributed by atoms with Crippen LogP contribution in [0.3, 0.4) is 0 Å². The van der Waals surface area contributed by atoms with Gasteiger partial charge in [-0.1, -0.05) is 141 Å². The number of likely N-dealkylation sites (N-methyl/N-ethyl adjacent to an activating group) is 1. The Morgan fingerprint density at radius 3 is 1.54 bits per heavy atom. The molecule has 0 fully saturated rings. The van der Waals surface area contributed by atoms with Crippen molar-refractivity contribution in [2.45, 2.75) is 187 Å². The number of unbranched alkanes of at least 4 members (excludes halogenated alkanes) is 19. The van der Waals surface area contributed by atoms with E-state index in [0.717, 1.165) is 57.8 Å². The molecule has 2 atom stereocenters. The van der Waals surface area contributed by atoms with Crippen molar-refractivity contribution in [3.63, 3.8) is 0 Å². The minimum Gasteiger partial charge on any atom is -0.545 e. The standard InChI is InChI=1S/C43H79NO8/c1-6-8-10-12-14-16-18-19-20-21-22-24-26-28-30-32-34-41(46)52-39(38-51-43(42(47)48)49-36-35-44(3,4)5)37-50-40(45)33-31-29-27-25-23-17-15-13-11-9-7-2/h16,18,20-21,39,43H,6-15,17,19,22-38H2,1-5H3/b18-16-,21-20-. The highest BCUT2D eigenvalue weighted by Gasteiger charge is 2.21. The molecule has 0 rings (SSSR count). The summed E-state index contributed by atoms with van der Waals surface area (Å²) in [5, 5.41) is 11.6. The molecule has 0 aromatic carbocycles. The van der Waals surface area contributed by atoms with Crippen molar-refractivity contribution in [3.8, 4) is 0 Å². The molecule has 0 aliphatic rings. The van der Waals surface area contributed by atoms with Crippen molar-refractivity contribution in [1.82, 2.24) is 0 Å². The fraction of sp³-hybridized carbons (Fsp3) is 0.837. The van der Waals surface area contributed by atoms with Crippen molar-refractivity contribution in [3.05, 3.63) is 24.3 Å². The number of hydrogen-bond acceptors (Lipinski definition) is 8. The third kappa shape index (κ3) is 36.1. The van der Waals surface area contributed by atoms with Gasteiger partial charge in [0.1, 0.15) is 13.2 Å².